The molecule has 1 N–H and O–H groups in total. The van der Waals surface area contributed by atoms with Crippen LogP contribution in [0.3, 0.4) is 0 Å². The van der Waals surface area contributed by atoms with Gasteiger partial charge in [0.25, 0.3) is 0 Å². The maximum Gasteiger partial charge on any atom is 0.318 e. The number of methoxy groups -OCH3 is 1. The lowest BCUT2D eigenvalue weighted by molar-refractivity contribution is 0.408. The van der Waals surface area contributed by atoms with Gasteiger partial charge in [-0.1, -0.05) is 23.3 Å². The lowest BCUT2D eigenvalue weighted by Crippen LogP contribution is -2.17. The number of anilines is 1. The monoisotopic (exact) mass is 288 g/mol. The summed E-state index contributed by atoms with van der Waals surface area (Å²) < 4.78 is 11.0. The zero-order valence-corrected chi connectivity index (χ0v) is 12.4. The first-order valence-electron chi connectivity index (χ1n) is 7.15. The fourth-order valence-electron chi connectivity index (χ4n) is 2.15. The number of para-hydroxylation sites is 1. The molecule has 1 aromatic carbocycles. The van der Waals surface area contributed by atoms with E-state index in [0.717, 1.165) is 11.3 Å². The molecule has 21 heavy (non-hydrogen) atoms. The molecule has 0 aliphatic heterocycles. The maximum atomic E-state index is 5.67. The van der Waals surface area contributed by atoms with Crippen molar-refractivity contribution < 1.29 is 9.15 Å². The SMILES string of the molecule is COc1ccccc1CN(C)c1nnc(CNC2CC2)o1. The molecule has 3 rings (SSSR count). The summed E-state index contributed by atoms with van der Waals surface area (Å²) in [5.41, 5.74) is 1.08. The van der Waals surface area contributed by atoms with Gasteiger partial charge >= 0.3 is 6.01 Å². The molecular weight excluding hydrogens is 268 g/mol. The molecule has 0 amide bonds. The lowest BCUT2D eigenvalue weighted by Gasteiger charge is -2.15. The molecule has 0 spiro atoms. The predicted octanol–water partition coefficient (Wildman–Crippen LogP) is 1.97. The first-order chi connectivity index (χ1) is 10.3. The van der Waals surface area contributed by atoms with Crippen LogP contribution in [0.5, 0.6) is 5.75 Å². The van der Waals surface area contributed by atoms with Gasteiger partial charge in [0, 0.05) is 18.7 Å². The van der Waals surface area contributed by atoms with E-state index in [1.165, 1.54) is 12.8 Å². The minimum atomic E-state index is 0.522. The summed E-state index contributed by atoms with van der Waals surface area (Å²) in [4.78, 5) is 1.92. The molecule has 0 saturated heterocycles. The summed E-state index contributed by atoms with van der Waals surface area (Å²) in [7, 11) is 3.60. The third-order valence-electron chi connectivity index (χ3n) is 3.50. The molecule has 1 aliphatic rings. The zero-order chi connectivity index (χ0) is 14.7. The van der Waals surface area contributed by atoms with Gasteiger partial charge in [0.05, 0.1) is 20.2 Å². The standard InChI is InChI=1S/C15H20N4O2/c1-19(10-11-5-3-4-6-13(11)20-2)15-18-17-14(21-15)9-16-12-7-8-12/h3-6,12,16H,7-10H2,1-2H3. The minimum absolute atomic E-state index is 0.522. The summed E-state index contributed by atoms with van der Waals surface area (Å²) in [6, 6.07) is 9.07. The van der Waals surface area contributed by atoms with Crippen molar-refractivity contribution in [3.8, 4) is 5.75 Å². The second kappa shape index (κ2) is 6.13. The molecule has 6 nitrogen and oxygen atoms in total. The molecule has 1 aliphatic carbocycles. The molecule has 1 aromatic heterocycles. The second-order valence-electron chi connectivity index (χ2n) is 5.30. The molecule has 1 saturated carbocycles. The predicted molar refractivity (Wildman–Crippen MR) is 79.3 cm³/mol. The number of benzene rings is 1. The first-order valence-corrected chi connectivity index (χ1v) is 7.15. The van der Waals surface area contributed by atoms with Gasteiger partial charge in [-0.15, -0.1) is 5.10 Å². The molecule has 0 radical (unpaired) electrons. The van der Waals surface area contributed by atoms with Crippen molar-refractivity contribution in [2.24, 2.45) is 0 Å². The van der Waals surface area contributed by atoms with Gasteiger partial charge in [0.1, 0.15) is 5.75 Å². The Hall–Kier alpha value is -2.08. The Labute approximate surface area is 124 Å². The van der Waals surface area contributed by atoms with Crippen molar-refractivity contribution in [3.05, 3.63) is 35.7 Å². The summed E-state index contributed by atoms with van der Waals surface area (Å²) in [6.07, 6.45) is 2.49. The van der Waals surface area contributed by atoms with E-state index in [0.29, 0.717) is 31.0 Å². The smallest absolute Gasteiger partial charge is 0.318 e. The van der Waals surface area contributed by atoms with E-state index in [4.69, 9.17) is 9.15 Å². The number of nitrogens with zero attached hydrogens (tertiary/aromatic N) is 3. The van der Waals surface area contributed by atoms with Gasteiger partial charge in [0.2, 0.25) is 5.89 Å². The lowest BCUT2D eigenvalue weighted by atomic mass is 10.2. The van der Waals surface area contributed by atoms with Crippen molar-refractivity contribution in [1.29, 1.82) is 0 Å². The van der Waals surface area contributed by atoms with Crippen molar-refractivity contribution in [2.75, 3.05) is 19.1 Å². The molecular formula is C15H20N4O2. The summed E-state index contributed by atoms with van der Waals surface area (Å²) in [6.45, 7) is 1.29. The van der Waals surface area contributed by atoms with Crippen LogP contribution in [0.2, 0.25) is 0 Å². The third-order valence-corrected chi connectivity index (χ3v) is 3.50. The van der Waals surface area contributed by atoms with E-state index < -0.39 is 0 Å². The van der Waals surface area contributed by atoms with Crippen molar-refractivity contribution >= 4 is 6.01 Å². The highest BCUT2D eigenvalue weighted by molar-refractivity contribution is 5.37. The molecule has 1 heterocycles. The fourth-order valence-corrected chi connectivity index (χ4v) is 2.15. The molecule has 0 atom stereocenters. The average Bonchev–Trinajstić information content (AvgIpc) is 3.22. The molecule has 0 bridgehead atoms. The van der Waals surface area contributed by atoms with Gasteiger partial charge < -0.3 is 19.4 Å². The van der Waals surface area contributed by atoms with E-state index in [1.54, 1.807) is 7.11 Å². The van der Waals surface area contributed by atoms with Crippen LogP contribution < -0.4 is 15.0 Å². The molecule has 2 aromatic rings. The number of ether oxygens (including phenoxy) is 1. The normalized spacial score (nSPS) is 14.2. The minimum Gasteiger partial charge on any atom is -0.496 e. The Balaban J connectivity index is 1.62. The summed E-state index contributed by atoms with van der Waals surface area (Å²) in [5.74, 6) is 1.49. The third kappa shape index (κ3) is 3.52. The van der Waals surface area contributed by atoms with E-state index >= 15 is 0 Å². The van der Waals surface area contributed by atoms with Gasteiger partial charge in [0.15, 0.2) is 0 Å². The van der Waals surface area contributed by atoms with Crippen LogP contribution in [0.25, 0.3) is 0 Å². The van der Waals surface area contributed by atoms with Gasteiger partial charge in [-0.2, -0.15) is 0 Å². The maximum absolute atomic E-state index is 5.67. The Morgan fingerprint density at radius 3 is 2.90 bits per heavy atom. The van der Waals surface area contributed by atoms with Crippen LogP contribution in [-0.4, -0.2) is 30.4 Å². The highest BCUT2D eigenvalue weighted by Gasteiger charge is 2.21. The molecule has 6 heteroatoms. The summed E-state index contributed by atoms with van der Waals surface area (Å²) >= 11 is 0. The van der Waals surface area contributed by atoms with Gasteiger partial charge in [-0.25, -0.2) is 0 Å². The zero-order valence-electron chi connectivity index (χ0n) is 12.4. The Kier molecular flexibility index (Phi) is 4.06. The number of rotatable bonds is 7. The number of hydrogen-bond acceptors (Lipinski definition) is 6. The van der Waals surface area contributed by atoms with Crippen molar-refractivity contribution in [3.63, 3.8) is 0 Å². The van der Waals surface area contributed by atoms with Crippen LogP contribution in [0, 0.1) is 0 Å². The largest absolute Gasteiger partial charge is 0.496 e. The van der Waals surface area contributed by atoms with Crippen LogP contribution in [-0.2, 0) is 13.1 Å². The summed E-state index contributed by atoms with van der Waals surface area (Å²) in [5, 5.41) is 11.5. The van der Waals surface area contributed by atoms with Crippen LogP contribution in [0.4, 0.5) is 6.01 Å². The van der Waals surface area contributed by atoms with E-state index in [-0.39, 0.29) is 0 Å². The van der Waals surface area contributed by atoms with Crippen LogP contribution in [0.15, 0.2) is 28.7 Å². The number of hydrogen-bond donors (Lipinski definition) is 1. The average molecular weight is 288 g/mol. The second-order valence-corrected chi connectivity index (χ2v) is 5.30. The quantitative estimate of drug-likeness (QED) is 0.840. The van der Waals surface area contributed by atoms with E-state index in [1.807, 2.05) is 36.2 Å². The van der Waals surface area contributed by atoms with Gasteiger partial charge in [-0.05, 0) is 18.9 Å². The Morgan fingerprint density at radius 1 is 1.33 bits per heavy atom. The number of aromatic nitrogens is 2. The first kappa shape index (κ1) is 13.9. The van der Waals surface area contributed by atoms with Crippen LogP contribution >= 0.6 is 0 Å². The van der Waals surface area contributed by atoms with E-state index in [2.05, 4.69) is 15.5 Å². The fraction of sp³-hybridized carbons (Fsp3) is 0.467. The molecule has 1 fully saturated rings. The Morgan fingerprint density at radius 2 is 2.14 bits per heavy atom. The molecule has 112 valence electrons. The Bertz CT molecular complexity index is 595. The van der Waals surface area contributed by atoms with E-state index in [9.17, 15) is 0 Å². The van der Waals surface area contributed by atoms with Crippen molar-refractivity contribution in [2.45, 2.75) is 32.0 Å². The highest BCUT2D eigenvalue weighted by Crippen LogP contribution is 2.22. The van der Waals surface area contributed by atoms with Gasteiger partial charge in [-0.3, -0.25) is 0 Å². The topological polar surface area (TPSA) is 63.4 Å². The molecule has 0 unspecified atom stereocenters. The number of nitrogens with one attached hydrogen (secondary N) is 1. The van der Waals surface area contributed by atoms with Crippen molar-refractivity contribution in [1.82, 2.24) is 15.5 Å². The van der Waals surface area contributed by atoms with Crippen LogP contribution in [0.1, 0.15) is 24.3 Å². The highest BCUT2D eigenvalue weighted by atomic mass is 16.5.